The summed E-state index contributed by atoms with van der Waals surface area (Å²) in [5.74, 6) is -0.0929. The number of nitrogens with zero attached hydrogens (tertiary/aromatic N) is 2. The van der Waals surface area contributed by atoms with Crippen LogP contribution in [-0.4, -0.2) is 43.5 Å². The van der Waals surface area contributed by atoms with E-state index in [1.807, 2.05) is 12.1 Å². The van der Waals surface area contributed by atoms with E-state index in [1.54, 1.807) is 6.07 Å². The molecule has 0 saturated carbocycles. The summed E-state index contributed by atoms with van der Waals surface area (Å²) in [5.41, 5.74) is 0.812. The lowest BCUT2D eigenvalue weighted by Crippen LogP contribution is -2.45. The molecule has 0 aromatic heterocycles. The first-order valence-electron chi connectivity index (χ1n) is 5.31. The van der Waals surface area contributed by atoms with E-state index in [0.29, 0.717) is 0 Å². The van der Waals surface area contributed by atoms with Crippen LogP contribution in [0.3, 0.4) is 0 Å². The molecule has 1 aliphatic heterocycles. The summed E-state index contributed by atoms with van der Waals surface area (Å²) in [6, 6.07) is 7.25. The molecule has 0 radical (unpaired) electrons. The first-order chi connectivity index (χ1) is 7.18. The second-order valence-electron chi connectivity index (χ2n) is 4.28. The Hall–Kier alpha value is -0.930. The van der Waals surface area contributed by atoms with E-state index in [2.05, 4.69) is 23.9 Å². The van der Waals surface area contributed by atoms with E-state index in [-0.39, 0.29) is 11.9 Å². The highest BCUT2D eigenvalue weighted by Gasteiger charge is 2.25. The maximum Gasteiger partial charge on any atom is 0.128 e. The Labute approximate surface area is 90.3 Å². The smallest absolute Gasteiger partial charge is 0.128 e. The fourth-order valence-electron chi connectivity index (χ4n) is 2.09. The highest BCUT2D eigenvalue weighted by atomic mass is 19.1. The molecule has 1 aliphatic rings. The monoisotopic (exact) mass is 208 g/mol. The molecule has 0 amide bonds. The predicted octanol–water partition coefficient (Wildman–Crippen LogP) is 1.74. The molecule has 0 bridgehead atoms. The highest BCUT2D eigenvalue weighted by molar-refractivity contribution is 5.22. The van der Waals surface area contributed by atoms with Crippen LogP contribution in [-0.2, 0) is 0 Å². The summed E-state index contributed by atoms with van der Waals surface area (Å²) >= 11 is 0. The summed E-state index contributed by atoms with van der Waals surface area (Å²) in [5, 5.41) is 0. The van der Waals surface area contributed by atoms with Crippen molar-refractivity contribution >= 4 is 0 Å². The number of piperazine rings is 1. The fraction of sp³-hybridized carbons (Fsp3) is 0.500. The van der Waals surface area contributed by atoms with Gasteiger partial charge in [-0.05, 0) is 20.2 Å². The average Bonchev–Trinajstić information content (AvgIpc) is 2.23. The Bertz CT molecular complexity index is 340. The first-order valence-corrected chi connectivity index (χ1v) is 5.31. The number of hydrogen-bond donors (Lipinski definition) is 0. The highest BCUT2D eigenvalue weighted by Crippen LogP contribution is 2.25. The number of rotatable bonds is 1. The number of likely N-dealkylation sites (N-methyl/N-ethyl adjacent to an activating group) is 2. The Morgan fingerprint density at radius 1 is 1.20 bits per heavy atom. The summed E-state index contributed by atoms with van der Waals surface area (Å²) in [4.78, 5) is 4.47. The minimum atomic E-state index is -0.0929. The molecule has 0 aliphatic carbocycles. The predicted molar refractivity (Wildman–Crippen MR) is 59.3 cm³/mol. The number of hydrogen-bond acceptors (Lipinski definition) is 2. The maximum atomic E-state index is 13.6. The van der Waals surface area contributed by atoms with Gasteiger partial charge in [0.05, 0.1) is 6.04 Å². The van der Waals surface area contributed by atoms with E-state index in [1.165, 1.54) is 6.07 Å². The van der Waals surface area contributed by atoms with Gasteiger partial charge < -0.3 is 4.90 Å². The molecule has 1 heterocycles. The molecule has 2 rings (SSSR count). The van der Waals surface area contributed by atoms with Crippen molar-refractivity contribution in [3.8, 4) is 0 Å². The maximum absolute atomic E-state index is 13.6. The van der Waals surface area contributed by atoms with Crippen molar-refractivity contribution in [1.82, 2.24) is 9.80 Å². The minimum Gasteiger partial charge on any atom is -0.303 e. The minimum absolute atomic E-state index is 0.0929. The summed E-state index contributed by atoms with van der Waals surface area (Å²) in [6.45, 7) is 2.95. The number of halogens is 1. The lowest BCUT2D eigenvalue weighted by atomic mass is 10.0. The van der Waals surface area contributed by atoms with Crippen molar-refractivity contribution in [2.24, 2.45) is 0 Å². The van der Waals surface area contributed by atoms with Gasteiger partial charge in [0, 0.05) is 25.2 Å². The largest absolute Gasteiger partial charge is 0.303 e. The zero-order chi connectivity index (χ0) is 10.8. The van der Waals surface area contributed by atoms with Crippen LogP contribution >= 0.6 is 0 Å². The van der Waals surface area contributed by atoms with Gasteiger partial charge in [0.15, 0.2) is 0 Å². The molecule has 3 heteroatoms. The van der Waals surface area contributed by atoms with E-state index in [4.69, 9.17) is 0 Å². The van der Waals surface area contributed by atoms with Crippen LogP contribution in [0.5, 0.6) is 0 Å². The van der Waals surface area contributed by atoms with Crippen molar-refractivity contribution in [2.75, 3.05) is 33.7 Å². The Kier molecular flexibility index (Phi) is 3.03. The van der Waals surface area contributed by atoms with E-state index >= 15 is 0 Å². The summed E-state index contributed by atoms with van der Waals surface area (Å²) in [6.07, 6.45) is 0. The molecule has 15 heavy (non-hydrogen) atoms. The third-order valence-corrected chi connectivity index (χ3v) is 3.12. The summed E-state index contributed by atoms with van der Waals surface area (Å²) < 4.78 is 13.6. The Balaban J connectivity index is 2.25. The molecule has 1 saturated heterocycles. The van der Waals surface area contributed by atoms with Gasteiger partial charge in [-0.15, -0.1) is 0 Å². The molecule has 0 N–H and O–H groups in total. The van der Waals surface area contributed by atoms with Crippen molar-refractivity contribution in [3.05, 3.63) is 35.6 Å². The van der Waals surface area contributed by atoms with Gasteiger partial charge in [0.2, 0.25) is 0 Å². The van der Waals surface area contributed by atoms with Gasteiger partial charge >= 0.3 is 0 Å². The van der Waals surface area contributed by atoms with Crippen LogP contribution in [0.4, 0.5) is 4.39 Å². The molecular formula is C12H17FN2. The van der Waals surface area contributed by atoms with Crippen LogP contribution in [0.15, 0.2) is 24.3 Å². The third kappa shape index (κ3) is 2.19. The standard InChI is InChI=1S/C12H17FN2/c1-14-7-8-15(2)12(9-14)10-5-3-4-6-11(10)13/h3-6,12H,7-9H2,1-2H3. The Morgan fingerprint density at radius 2 is 1.93 bits per heavy atom. The zero-order valence-electron chi connectivity index (χ0n) is 9.28. The van der Waals surface area contributed by atoms with Gasteiger partial charge in [0.1, 0.15) is 5.82 Å². The topological polar surface area (TPSA) is 6.48 Å². The summed E-state index contributed by atoms with van der Waals surface area (Å²) in [7, 11) is 4.14. The van der Waals surface area contributed by atoms with Crippen molar-refractivity contribution in [3.63, 3.8) is 0 Å². The third-order valence-electron chi connectivity index (χ3n) is 3.12. The molecular weight excluding hydrogens is 191 g/mol. The quantitative estimate of drug-likeness (QED) is 0.693. The van der Waals surface area contributed by atoms with Crippen LogP contribution < -0.4 is 0 Å². The molecule has 1 aromatic rings. The van der Waals surface area contributed by atoms with Gasteiger partial charge in [0.25, 0.3) is 0 Å². The van der Waals surface area contributed by atoms with Crippen molar-refractivity contribution in [2.45, 2.75) is 6.04 Å². The second-order valence-corrected chi connectivity index (χ2v) is 4.28. The van der Waals surface area contributed by atoms with Crippen LogP contribution in [0.2, 0.25) is 0 Å². The van der Waals surface area contributed by atoms with Crippen molar-refractivity contribution in [1.29, 1.82) is 0 Å². The Morgan fingerprint density at radius 3 is 2.67 bits per heavy atom. The van der Waals surface area contributed by atoms with Crippen LogP contribution in [0, 0.1) is 5.82 Å². The average molecular weight is 208 g/mol. The lowest BCUT2D eigenvalue weighted by Gasteiger charge is -2.38. The SMILES string of the molecule is CN1CCN(C)C(c2ccccc2F)C1. The number of benzene rings is 1. The van der Waals surface area contributed by atoms with E-state index < -0.39 is 0 Å². The first kappa shape index (κ1) is 10.6. The molecule has 1 unspecified atom stereocenters. The van der Waals surface area contributed by atoms with Crippen LogP contribution in [0.25, 0.3) is 0 Å². The zero-order valence-corrected chi connectivity index (χ0v) is 9.28. The normalized spacial score (nSPS) is 24.3. The van der Waals surface area contributed by atoms with E-state index in [9.17, 15) is 4.39 Å². The molecule has 2 nitrogen and oxygen atoms in total. The fourth-order valence-corrected chi connectivity index (χ4v) is 2.09. The molecule has 0 spiro atoms. The molecule has 1 aromatic carbocycles. The van der Waals surface area contributed by atoms with E-state index in [0.717, 1.165) is 25.2 Å². The second kappa shape index (κ2) is 4.29. The van der Waals surface area contributed by atoms with Gasteiger partial charge in [-0.1, -0.05) is 18.2 Å². The molecule has 1 fully saturated rings. The van der Waals surface area contributed by atoms with Crippen LogP contribution in [0.1, 0.15) is 11.6 Å². The van der Waals surface area contributed by atoms with Gasteiger partial charge in [-0.25, -0.2) is 4.39 Å². The van der Waals surface area contributed by atoms with Crippen molar-refractivity contribution < 1.29 is 4.39 Å². The molecule has 1 atom stereocenters. The lowest BCUT2D eigenvalue weighted by molar-refractivity contribution is 0.112. The van der Waals surface area contributed by atoms with Gasteiger partial charge in [-0.3, -0.25) is 4.90 Å². The molecule has 82 valence electrons. The van der Waals surface area contributed by atoms with Gasteiger partial charge in [-0.2, -0.15) is 0 Å².